The second-order valence-corrected chi connectivity index (χ2v) is 6.19. The minimum Gasteiger partial charge on any atom is -0.493 e. The molecule has 2 rings (SSSR count). The summed E-state index contributed by atoms with van der Waals surface area (Å²) in [5.74, 6) is 1.11. The lowest BCUT2D eigenvalue weighted by molar-refractivity contribution is 0.0526. The highest BCUT2D eigenvalue weighted by atomic mass is 79.9. The van der Waals surface area contributed by atoms with Crippen LogP contribution in [0.2, 0.25) is 0 Å². The smallest absolute Gasteiger partial charge is 0.339 e. The number of aromatic nitrogens is 1. The molecule has 0 spiro atoms. The van der Waals surface area contributed by atoms with Gasteiger partial charge in [0.05, 0.1) is 26.4 Å². The number of nitrogens with zero attached hydrogens (tertiary/aromatic N) is 1. The minimum atomic E-state index is -0.286. The molecule has 6 heteroatoms. The zero-order valence-corrected chi connectivity index (χ0v) is 16.0. The molecule has 1 aromatic carbocycles. The Labute approximate surface area is 150 Å². The molecule has 0 aliphatic carbocycles. The van der Waals surface area contributed by atoms with Crippen molar-refractivity contribution < 1.29 is 19.0 Å². The summed E-state index contributed by atoms with van der Waals surface area (Å²) in [6.45, 7) is 4.91. The molecule has 0 radical (unpaired) electrons. The summed E-state index contributed by atoms with van der Waals surface area (Å²) in [5.41, 5.74) is 2.72. The number of hydrogen-bond donors (Lipinski definition) is 0. The first kappa shape index (κ1) is 18.4. The summed E-state index contributed by atoms with van der Waals surface area (Å²) in [4.78, 5) is 11.8. The van der Waals surface area contributed by atoms with Crippen molar-refractivity contribution in [2.75, 3.05) is 20.8 Å². The van der Waals surface area contributed by atoms with E-state index in [9.17, 15) is 4.79 Å². The van der Waals surface area contributed by atoms with Crippen molar-refractivity contribution in [3.63, 3.8) is 0 Å². The van der Waals surface area contributed by atoms with Gasteiger partial charge in [-0.3, -0.25) is 0 Å². The lowest BCUT2D eigenvalue weighted by Crippen LogP contribution is -2.05. The summed E-state index contributed by atoms with van der Waals surface area (Å²) in [5, 5.41) is 0. The van der Waals surface area contributed by atoms with Gasteiger partial charge in [0.15, 0.2) is 11.5 Å². The summed E-state index contributed by atoms with van der Waals surface area (Å²) in [6, 6.07) is 5.72. The number of aryl methyl sites for hydroxylation is 3. The zero-order chi connectivity index (χ0) is 17.7. The van der Waals surface area contributed by atoms with E-state index in [-0.39, 0.29) is 5.97 Å². The Morgan fingerprint density at radius 3 is 2.46 bits per heavy atom. The number of rotatable bonds is 7. The average Bonchev–Trinajstić information content (AvgIpc) is 2.94. The van der Waals surface area contributed by atoms with Crippen molar-refractivity contribution in [1.29, 1.82) is 0 Å². The number of carbonyl (C=O) groups excluding carboxylic acids is 1. The first-order chi connectivity index (χ1) is 11.5. The van der Waals surface area contributed by atoms with Crippen LogP contribution in [0.5, 0.6) is 11.5 Å². The van der Waals surface area contributed by atoms with Crippen LogP contribution in [0.4, 0.5) is 0 Å². The number of methoxy groups -OCH3 is 2. The minimum absolute atomic E-state index is 0.286. The summed E-state index contributed by atoms with van der Waals surface area (Å²) in [6.07, 6.45) is 2.63. The maximum atomic E-state index is 11.8. The molecule has 0 unspecified atom stereocenters. The SMILES string of the molecule is CCOC(=O)c1cc(C)n(CCc2cc(OC)c(OC)cc2Br)c1. The third-order valence-electron chi connectivity index (χ3n) is 3.80. The van der Waals surface area contributed by atoms with Gasteiger partial charge in [-0.2, -0.15) is 0 Å². The molecule has 130 valence electrons. The topological polar surface area (TPSA) is 49.7 Å². The van der Waals surface area contributed by atoms with Crippen LogP contribution >= 0.6 is 15.9 Å². The van der Waals surface area contributed by atoms with Gasteiger partial charge in [-0.25, -0.2) is 4.79 Å². The fraction of sp³-hybridized carbons (Fsp3) is 0.389. The molecule has 0 N–H and O–H groups in total. The van der Waals surface area contributed by atoms with Crippen LogP contribution in [0.25, 0.3) is 0 Å². The largest absolute Gasteiger partial charge is 0.493 e. The van der Waals surface area contributed by atoms with Crippen molar-refractivity contribution >= 4 is 21.9 Å². The first-order valence-corrected chi connectivity index (χ1v) is 8.53. The monoisotopic (exact) mass is 395 g/mol. The molecule has 0 saturated heterocycles. The normalized spacial score (nSPS) is 10.5. The van der Waals surface area contributed by atoms with E-state index in [2.05, 4.69) is 20.5 Å². The van der Waals surface area contributed by atoms with Crippen molar-refractivity contribution in [1.82, 2.24) is 4.57 Å². The molecular formula is C18H22BrNO4. The van der Waals surface area contributed by atoms with Crippen molar-refractivity contribution in [3.8, 4) is 11.5 Å². The highest BCUT2D eigenvalue weighted by molar-refractivity contribution is 9.10. The molecule has 2 aromatic rings. The van der Waals surface area contributed by atoms with E-state index in [4.69, 9.17) is 14.2 Å². The number of hydrogen-bond acceptors (Lipinski definition) is 4. The van der Waals surface area contributed by atoms with Gasteiger partial charge in [0.25, 0.3) is 0 Å². The first-order valence-electron chi connectivity index (χ1n) is 7.74. The molecule has 5 nitrogen and oxygen atoms in total. The van der Waals surface area contributed by atoms with Crippen molar-refractivity contribution in [2.45, 2.75) is 26.8 Å². The average molecular weight is 396 g/mol. The molecule has 0 bridgehead atoms. The van der Waals surface area contributed by atoms with Gasteiger partial charge < -0.3 is 18.8 Å². The van der Waals surface area contributed by atoms with Crippen LogP contribution in [-0.2, 0) is 17.7 Å². The van der Waals surface area contributed by atoms with Crippen LogP contribution in [0, 0.1) is 6.92 Å². The lowest BCUT2D eigenvalue weighted by atomic mass is 10.1. The Balaban J connectivity index is 2.15. The number of carbonyl (C=O) groups is 1. The van der Waals surface area contributed by atoms with Gasteiger partial charge in [0, 0.05) is 22.9 Å². The van der Waals surface area contributed by atoms with E-state index in [0.29, 0.717) is 23.7 Å². The van der Waals surface area contributed by atoms with E-state index >= 15 is 0 Å². The number of ether oxygens (including phenoxy) is 3. The molecule has 1 aromatic heterocycles. The fourth-order valence-electron chi connectivity index (χ4n) is 2.51. The van der Waals surface area contributed by atoms with Crippen LogP contribution in [0.1, 0.15) is 28.5 Å². The second kappa shape index (κ2) is 8.24. The van der Waals surface area contributed by atoms with Crippen molar-refractivity contribution in [2.24, 2.45) is 0 Å². The van der Waals surface area contributed by atoms with Crippen LogP contribution < -0.4 is 9.47 Å². The lowest BCUT2D eigenvalue weighted by Gasteiger charge is -2.13. The highest BCUT2D eigenvalue weighted by Gasteiger charge is 2.13. The third kappa shape index (κ3) is 4.12. The van der Waals surface area contributed by atoms with Crippen LogP contribution in [-0.4, -0.2) is 31.4 Å². The highest BCUT2D eigenvalue weighted by Crippen LogP contribution is 2.33. The number of halogens is 1. The maximum absolute atomic E-state index is 11.8. The number of esters is 1. The Bertz CT molecular complexity index is 724. The van der Waals surface area contributed by atoms with Crippen LogP contribution in [0.15, 0.2) is 28.9 Å². The summed E-state index contributed by atoms with van der Waals surface area (Å²) in [7, 11) is 3.24. The van der Waals surface area contributed by atoms with Crippen LogP contribution in [0.3, 0.4) is 0 Å². The predicted molar refractivity (Wildman–Crippen MR) is 96.1 cm³/mol. The molecule has 24 heavy (non-hydrogen) atoms. The molecule has 0 saturated carbocycles. The van der Waals surface area contributed by atoms with E-state index in [1.165, 1.54) is 0 Å². The Kier molecular flexibility index (Phi) is 6.31. The fourth-order valence-corrected chi connectivity index (χ4v) is 3.03. The van der Waals surface area contributed by atoms with Gasteiger partial charge >= 0.3 is 5.97 Å². The van der Waals surface area contributed by atoms with E-state index in [0.717, 1.165) is 28.7 Å². The van der Waals surface area contributed by atoms with Crippen molar-refractivity contribution in [3.05, 3.63) is 45.7 Å². The molecule has 0 aliphatic heterocycles. The Morgan fingerprint density at radius 2 is 1.83 bits per heavy atom. The molecule has 0 atom stereocenters. The second-order valence-electron chi connectivity index (χ2n) is 5.33. The zero-order valence-electron chi connectivity index (χ0n) is 14.4. The van der Waals surface area contributed by atoms with Gasteiger partial charge in [-0.05, 0) is 44.0 Å². The molecular weight excluding hydrogens is 374 g/mol. The van der Waals surface area contributed by atoms with E-state index in [1.54, 1.807) is 21.1 Å². The number of benzene rings is 1. The maximum Gasteiger partial charge on any atom is 0.339 e. The standard InChI is InChI=1S/C18H22BrNO4/c1-5-24-18(21)14-8-12(2)20(11-14)7-6-13-9-16(22-3)17(23-4)10-15(13)19/h8-11H,5-7H2,1-4H3. The summed E-state index contributed by atoms with van der Waals surface area (Å²) >= 11 is 3.57. The predicted octanol–water partition coefficient (Wildman–Crippen LogP) is 4.00. The summed E-state index contributed by atoms with van der Waals surface area (Å²) < 4.78 is 18.7. The quantitative estimate of drug-likeness (QED) is 0.664. The Hall–Kier alpha value is -1.95. The molecule has 0 amide bonds. The van der Waals surface area contributed by atoms with E-state index in [1.807, 2.05) is 31.3 Å². The van der Waals surface area contributed by atoms with Gasteiger partial charge in [0.2, 0.25) is 0 Å². The Morgan fingerprint density at radius 1 is 1.17 bits per heavy atom. The van der Waals surface area contributed by atoms with Gasteiger partial charge in [0.1, 0.15) is 0 Å². The molecule has 1 heterocycles. The van der Waals surface area contributed by atoms with Gasteiger partial charge in [-0.1, -0.05) is 15.9 Å². The molecule has 0 fully saturated rings. The van der Waals surface area contributed by atoms with Gasteiger partial charge in [-0.15, -0.1) is 0 Å². The molecule has 0 aliphatic rings. The van der Waals surface area contributed by atoms with E-state index < -0.39 is 0 Å². The third-order valence-corrected chi connectivity index (χ3v) is 4.54.